The van der Waals surface area contributed by atoms with E-state index in [4.69, 9.17) is 9.47 Å². The Bertz CT molecular complexity index is 1370. The predicted octanol–water partition coefficient (Wildman–Crippen LogP) is 4.93. The lowest BCUT2D eigenvalue weighted by Crippen LogP contribution is -2.45. The Labute approximate surface area is 213 Å². The first-order valence-electron chi connectivity index (χ1n) is 11.8. The molecule has 0 fully saturated rings. The first-order chi connectivity index (χ1) is 17.0. The summed E-state index contributed by atoms with van der Waals surface area (Å²) >= 11 is 0. The van der Waals surface area contributed by atoms with Crippen molar-refractivity contribution in [3.63, 3.8) is 0 Å². The average molecular weight is 509 g/mol. The first-order valence-corrected chi connectivity index (χ1v) is 13.3. The number of ether oxygens (including phenoxy) is 2. The van der Waals surface area contributed by atoms with Crippen molar-refractivity contribution >= 4 is 21.6 Å². The third kappa shape index (κ3) is 5.33. The van der Waals surface area contributed by atoms with Crippen LogP contribution in [0.5, 0.6) is 11.5 Å². The molecule has 0 aliphatic carbocycles. The number of nitrogens with one attached hydrogen (secondary N) is 1. The fourth-order valence-electron chi connectivity index (χ4n) is 4.37. The summed E-state index contributed by atoms with van der Waals surface area (Å²) in [7, 11) is -2.40. The van der Waals surface area contributed by atoms with E-state index in [2.05, 4.69) is 5.32 Å². The molecule has 1 aliphatic rings. The zero-order valence-corrected chi connectivity index (χ0v) is 22.1. The third-order valence-corrected chi connectivity index (χ3v) is 8.19. The SMILES string of the molecule is COc1ccc2c(c1)C(NC(=O)CN(c1ccc(C)c(C)c1)S(=O)(=O)c1ccccc1)CC(C)(C)O2. The number of rotatable bonds is 7. The van der Waals surface area contributed by atoms with Gasteiger partial charge in [-0.05, 0) is 81.3 Å². The van der Waals surface area contributed by atoms with Crippen molar-refractivity contribution < 1.29 is 22.7 Å². The number of carbonyl (C=O) groups excluding carboxylic acids is 1. The van der Waals surface area contributed by atoms with Gasteiger partial charge in [0.1, 0.15) is 23.6 Å². The molecular weight excluding hydrogens is 476 g/mol. The van der Waals surface area contributed by atoms with Crippen molar-refractivity contribution in [2.45, 2.75) is 50.7 Å². The molecular formula is C28H32N2O5S. The highest BCUT2D eigenvalue weighted by Crippen LogP contribution is 2.41. The molecule has 36 heavy (non-hydrogen) atoms. The van der Waals surface area contributed by atoms with Gasteiger partial charge in [0, 0.05) is 12.0 Å². The van der Waals surface area contributed by atoms with Gasteiger partial charge in [-0.3, -0.25) is 9.10 Å². The van der Waals surface area contributed by atoms with Crippen LogP contribution in [0.4, 0.5) is 5.69 Å². The van der Waals surface area contributed by atoms with Crippen molar-refractivity contribution in [3.05, 3.63) is 83.4 Å². The van der Waals surface area contributed by atoms with Crippen LogP contribution in [-0.4, -0.2) is 33.6 Å². The Morgan fingerprint density at radius 3 is 2.44 bits per heavy atom. The lowest BCUT2D eigenvalue weighted by molar-refractivity contribution is -0.120. The molecule has 0 saturated carbocycles. The third-order valence-electron chi connectivity index (χ3n) is 6.41. The summed E-state index contributed by atoms with van der Waals surface area (Å²) in [5.74, 6) is 0.907. The Balaban J connectivity index is 1.67. The van der Waals surface area contributed by atoms with Gasteiger partial charge >= 0.3 is 0 Å². The fourth-order valence-corrected chi connectivity index (χ4v) is 5.81. The summed E-state index contributed by atoms with van der Waals surface area (Å²) in [6.07, 6.45) is 0.522. The zero-order valence-electron chi connectivity index (χ0n) is 21.2. The molecule has 0 bridgehead atoms. The van der Waals surface area contributed by atoms with Crippen LogP contribution in [0.15, 0.2) is 71.6 Å². The maximum Gasteiger partial charge on any atom is 0.264 e. The number of fused-ring (bicyclic) bond motifs is 1. The predicted molar refractivity (Wildman–Crippen MR) is 140 cm³/mol. The van der Waals surface area contributed by atoms with E-state index < -0.39 is 21.5 Å². The van der Waals surface area contributed by atoms with E-state index in [1.54, 1.807) is 37.4 Å². The van der Waals surface area contributed by atoms with Crippen LogP contribution in [-0.2, 0) is 14.8 Å². The lowest BCUT2D eigenvalue weighted by atomic mass is 9.89. The maximum atomic E-state index is 13.7. The lowest BCUT2D eigenvalue weighted by Gasteiger charge is -2.38. The molecule has 1 atom stereocenters. The Kier molecular flexibility index (Phi) is 7.00. The summed E-state index contributed by atoms with van der Waals surface area (Å²) in [6, 6.07) is 18.7. The van der Waals surface area contributed by atoms with Gasteiger partial charge in [-0.15, -0.1) is 0 Å². The van der Waals surface area contributed by atoms with Gasteiger partial charge in [-0.25, -0.2) is 8.42 Å². The summed E-state index contributed by atoms with van der Waals surface area (Å²) < 4.78 is 39.9. The van der Waals surface area contributed by atoms with Crippen molar-refractivity contribution in [3.8, 4) is 11.5 Å². The second kappa shape index (κ2) is 9.85. The molecule has 3 aromatic rings. The smallest absolute Gasteiger partial charge is 0.264 e. The van der Waals surface area contributed by atoms with E-state index in [1.807, 2.05) is 52.0 Å². The summed E-state index contributed by atoms with van der Waals surface area (Å²) in [5, 5.41) is 3.05. The number of carbonyl (C=O) groups is 1. The largest absolute Gasteiger partial charge is 0.497 e. The molecule has 1 unspecified atom stereocenters. The standard InChI is InChI=1S/C28H32N2O5S/c1-19-11-12-21(15-20(19)2)30(36(32,33)23-9-7-6-8-10-23)18-27(31)29-25-17-28(3,4)35-26-14-13-22(34-5)16-24(25)26/h6-16,25H,17-18H2,1-5H3,(H,29,31). The molecule has 0 radical (unpaired) electrons. The van der Waals surface area contributed by atoms with E-state index in [9.17, 15) is 13.2 Å². The minimum Gasteiger partial charge on any atom is -0.497 e. The number of benzene rings is 3. The molecule has 0 spiro atoms. The first kappa shape index (κ1) is 25.6. The van der Waals surface area contributed by atoms with Gasteiger partial charge in [-0.1, -0.05) is 24.3 Å². The number of amides is 1. The van der Waals surface area contributed by atoms with Crippen LogP contribution >= 0.6 is 0 Å². The summed E-state index contributed by atoms with van der Waals surface area (Å²) in [5.41, 5.74) is 2.70. The van der Waals surface area contributed by atoms with Gasteiger partial charge in [-0.2, -0.15) is 0 Å². The van der Waals surface area contributed by atoms with Gasteiger partial charge in [0.2, 0.25) is 5.91 Å². The number of methoxy groups -OCH3 is 1. The van der Waals surface area contributed by atoms with E-state index in [0.717, 1.165) is 16.7 Å². The number of nitrogens with zero attached hydrogens (tertiary/aromatic N) is 1. The highest BCUT2D eigenvalue weighted by molar-refractivity contribution is 7.92. The quantitative estimate of drug-likeness (QED) is 0.489. The molecule has 3 aromatic carbocycles. The van der Waals surface area contributed by atoms with E-state index in [-0.39, 0.29) is 17.5 Å². The highest BCUT2D eigenvalue weighted by atomic mass is 32.2. The topological polar surface area (TPSA) is 84.9 Å². The highest BCUT2D eigenvalue weighted by Gasteiger charge is 2.36. The second-order valence-corrected chi connectivity index (χ2v) is 11.5. The van der Waals surface area contributed by atoms with E-state index >= 15 is 0 Å². The maximum absolute atomic E-state index is 13.7. The molecule has 8 heteroatoms. The molecule has 190 valence electrons. The minimum absolute atomic E-state index is 0.123. The number of sulfonamides is 1. The van der Waals surface area contributed by atoms with Crippen molar-refractivity contribution in [2.24, 2.45) is 0 Å². The van der Waals surface area contributed by atoms with Gasteiger partial charge in [0.25, 0.3) is 10.0 Å². The number of hydrogen-bond acceptors (Lipinski definition) is 5. The molecule has 7 nitrogen and oxygen atoms in total. The Morgan fingerprint density at radius 1 is 1.06 bits per heavy atom. The van der Waals surface area contributed by atoms with Gasteiger partial charge in [0.15, 0.2) is 0 Å². The Hall–Kier alpha value is -3.52. The van der Waals surface area contributed by atoms with Crippen LogP contribution in [0.2, 0.25) is 0 Å². The van der Waals surface area contributed by atoms with E-state index in [0.29, 0.717) is 23.6 Å². The van der Waals surface area contributed by atoms with E-state index in [1.165, 1.54) is 16.4 Å². The molecule has 1 N–H and O–H groups in total. The zero-order chi connectivity index (χ0) is 26.1. The number of hydrogen-bond donors (Lipinski definition) is 1. The Morgan fingerprint density at radius 2 is 1.78 bits per heavy atom. The van der Waals surface area contributed by atoms with Crippen LogP contribution in [0.25, 0.3) is 0 Å². The molecule has 1 heterocycles. The molecule has 4 rings (SSSR count). The van der Waals surface area contributed by atoms with Crippen LogP contribution < -0.4 is 19.1 Å². The molecule has 0 aromatic heterocycles. The van der Waals surface area contributed by atoms with Crippen molar-refractivity contribution in [1.82, 2.24) is 5.32 Å². The molecule has 0 saturated heterocycles. The van der Waals surface area contributed by atoms with Crippen LogP contribution in [0.3, 0.4) is 0 Å². The van der Waals surface area contributed by atoms with Crippen LogP contribution in [0.1, 0.15) is 43.0 Å². The monoisotopic (exact) mass is 508 g/mol. The summed E-state index contributed by atoms with van der Waals surface area (Å²) in [6.45, 7) is 7.43. The number of aryl methyl sites for hydroxylation is 2. The van der Waals surface area contributed by atoms with Crippen LogP contribution in [0, 0.1) is 13.8 Å². The minimum atomic E-state index is -3.99. The fraction of sp³-hybridized carbons (Fsp3) is 0.321. The van der Waals surface area contributed by atoms with Gasteiger partial charge < -0.3 is 14.8 Å². The summed E-state index contributed by atoms with van der Waals surface area (Å²) in [4.78, 5) is 13.5. The molecule has 1 aliphatic heterocycles. The van der Waals surface area contributed by atoms with Crippen molar-refractivity contribution in [1.29, 1.82) is 0 Å². The second-order valence-electron chi connectivity index (χ2n) is 9.68. The normalized spacial score (nSPS) is 16.4. The molecule has 1 amide bonds. The number of anilines is 1. The van der Waals surface area contributed by atoms with Gasteiger partial charge in [0.05, 0.1) is 23.7 Å². The van der Waals surface area contributed by atoms with Crippen molar-refractivity contribution in [2.75, 3.05) is 18.0 Å². The average Bonchev–Trinajstić information content (AvgIpc) is 2.84.